The lowest BCUT2D eigenvalue weighted by atomic mass is 9.94. The highest BCUT2D eigenvalue weighted by atomic mass is 35.5. The SMILES string of the molecule is O=C(C=C(C(=O)c1ccccc1)C(=O)c1ccccc1)c1ccc(Cl)cc1. The molecule has 0 saturated carbocycles. The molecule has 0 bridgehead atoms. The molecule has 0 saturated heterocycles. The molecule has 0 fully saturated rings. The zero-order chi connectivity index (χ0) is 19.2. The van der Waals surface area contributed by atoms with Crippen LogP contribution < -0.4 is 0 Å². The van der Waals surface area contributed by atoms with Crippen molar-refractivity contribution < 1.29 is 14.4 Å². The van der Waals surface area contributed by atoms with Crippen molar-refractivity contribution in [3.63, 3.8) is 0 Å². The lowest BCUT2D eigenvalue weighted by Crippen LogP contribution is -2.15. The Morgan fingerprint density at radius 2 is 1.04 bits per heavy atom. The van der Waals surface area contributed by atoms with Gasteiger partial charge in [0.2, 0.25) is 0 Å². The number of hydrogen-bond acceptors (Lipinski definition) is 3. The van der Waals surface area contributed by atoms with Gasteiger partial charge in [0.25, 0.3) is 0 Å². The van der Waals surface area contributed by atoms with Gasteiger partial charge in [-0.1, -0.05) is 72.3 Å². The van der Waals surface area contributed by atoms with Crippen LogP contribution in [0.25, 0.3) is 0 Å². The maximum Gasteiger partial charge on any atom is 0.197 e. The predicted molar refractivity (Wildman–Crippen MR) is 105 cm³/mol. The van der Waals surface area contributed by atoms with Crippen LogP contribution in [0.1, 0.15) is 31.1 Å². The molecular formula is C23H15ClO3. The minimum Gasteiger partial charge on any atom is -0.289 e. The number of hydrogen-bond donors (Lipinski definition) is 0. The fourth-order valence-electron chi connectivity index (χ4n) is 2.55. The van der Waals surface area contributed by atoms with Crippen LogP contribution in [0, 0.1) is 0 Å². The molecule has 0 aliphatic carbocycles. The van der Waals surface area contributed by atoms with E-state index in [0.29, 0.717) is 21.7 Å². The second-order valence-corrected chi connectivity index (χ2v) is 6.26. The largest absolute Gasteiger partial charge is 0.289 e. The molecule has 0 aliphatic rings. The Hall–Kier alpha value is -3.30. The van der Waals surface area contributed by atoms with Gasteiger partial charge in [0.1, 0.15) is 0 Å². The van der Waals surface area contributed by atoms with Gasteiger partial charge >= 0.3 is 0 Å². The number of rotatable bonds is 6. The zero-order valence-electron chi connectivity index (χ0n) is 14.3. The first-order valence-electron chi connectivity index (χ1n) is 8.27. The summed E-state index contributed by atoms with van der Waals surface area (Å²) in [5, 5.41) is 0.497. The number of Topliss-reactive ketones (excluding diaryl/α,β-unsaturated/α-hetero) is 2. The van der Waals surface area contributed by atoms with Crippen molar-refractivity contribution in [2.45, 2.75) is 0 Å². The van der Waals surface area contributed by atoms with Crippen molar-refractivity contribution in [3.8, 4) is 0 Å². The molecule has 27 heavy (non-hydrogen) atoms. The quantitative estimate of drug-likeness (QED) is 0.257. The molecule has 0 heterocycles. The van der Waals surface area contributed by atoms with E-state index in [4.69, 9.17) is 11.6 Å². The van der Waals surface area contributed by atoms with Gasteiger partial charge in [-0.2, -0.15) is 0 Å². The van der Waals surface area contributed by atoms with E-state index in [9.17, 15) is 14.4 Å². The van der Waals surface area contributed by atoms with Gasteiger partial charge in [0, 0.05) is 27.8 Å². The second kappa shape index (κ2) is 8.39. The maximum absolute atomic E-state index is 12.9. The molecule has 0 radical (unpaired) electrons. The fourth-order valence-corrected chi connectivity index (χ4v) is 2.68. The van der Waals surface area contributed by atoms with Crippen molar-refractivity contribution in [2.24, 2.45) is 0 Å². The van der Waals surface area contributed by atoms with Gasteiger partial charge in [-0.15, -0.1) is 0 Å². The van der Waals surface area contributed by atoms with Gasteiger partial charge in [-0.3, -0.25) is 14.4 Å². The van der Waals surface area contributed by atoms with Crippen molar-refractivity contribution in [2.75, 3.05) is 0 Å². The van der Waals surface area contributed by atoms with E-state index < -0.39 is 17.3 Å². The smallest absolute Gasteiger partial charge is 0.197 e. The van der Waals surface area contributed by atoms with Crippen molar-refractivity contribution in [1.82, 2.24) is 0 Å². The Bertz CT molecular complexity index is 951. The molecule has 0 unspecified atom stereocenters. The van der Waals surface area contributed by atoms with Crippen molar-refractivity contribution in [3.05, 3.63) is 118 Å². The predicted octanol–water partition coefficient (Wildman–Crippen LogP) is 5.21. The molecule has 0 atom stereocenters. The number of benzene rings is 3. The second-order valence-electron chi connectivity index (χ2n) is 5.82. The Balaban J connectivity index is 2.04. The average molecular weight is 375 g/mol. The van der Waals surface area contributed by atoms with Crippen LogP contribution in [0.15, 0.2) is 96.6 Å². The number of carbonyl (C=O) groups excluding carboxylic acids is 3. The number of ketones is 3. The molecule has 0 aromatic heterocycles. The summed E-state index contributed by atoms with van der Waals surface area (Å²) < 4.78 is 0. The van der Waals surface area contributed by atoms with E-state index >= 15 is 0 Å². The highest BCUT2D eigenvalue weighted by molar-refractivity contribution is 6.33. The lowest BCUT2D eigenvalue weighted by Gasteiger charge is -2.07. The van der Waals surface area contributed by atoms with Crippen LogP contribution >= 0.6 is 11.6 Å². The molecule has 3 aromatic rings. The summed E-state index contributed by atoms with van der Waals surface area (Å²) >= 11 is 5.85. The molecule has 132 valence electrons. The standard InChI is InChI=1S/C23H15ClO3/c24-19-13-11-16(12-14-19)21(25)15-20(22(26)17-7-3-1-4-8-17)23(27)18-9-5-2-6-10-18/h1-15H. The van der Waals surface area contributed by atoms with Gasteiger partial charge < -0.3 is 0 Å². The maximum atomic E-state index is 12.9. The first-order chi connectivity index (χ1) is 13.1. The van der Waals surface area contributed by atoms with Crippen molar-refractivity contribution >= 4 is 29.0 Å². The summed E-state index contributed by atoms with van der Waals surface area (Å²) in [5.74, 6) is -1.42. The van der Waals surface area contributed by atoms with Gasteiger partial charge in [-0.25, -0.2) is 0 Å². The lowest BCUT2D eigenvalue weighted by molar-refractivity contribution is 0.0948. The van der Waals surface area contributed by atoms with E-state index in [1.807, 2.05) is 0 Å². The van der Waals surface area contributed by atoms with Crippen LogP contribution in [0.5, 0.6) is 0 Å². The molecule has 3 aromatic carbocycles. The third-order valence-corrected chi connectivity index (χ3v) is 4.22. The Labute approximate surface area is 161 Å². The normalized spacial score (nSPS) is 10.1. The monoisotopic (exact) mass is 374 g/mol. The van der Waals surface area contributed by atoms with Crippen LogP contribution in [-0.2, 0) is 0 Å². The molecule has 0 aliphatic heterocycles. The third kappa shape index (κ3) is 4.46. The molecule has 4 heteroatoms. The molecular weight excluding hydrogens is 360 g/mol. The number of carbonyl (C=O) groups is 3. The van der Waals surface area contributed by atoms with E-state index in [2.05, 4.69) is 0 Å². The van der Waals surface area contributed by atoms with Crippen LogP contribution in [0.4, 0.5) is 0 Å². The minimum absolute atomic E-state index is 0.174. The van der Waals surface area contributed by atoms with E-state index in [1.165, 1.54) is 0 Å². The fraction of sp³-hybridized carbons (Fsp3) is 0. The Morgan fingerprint density at radius 1 is 0.593 bits per heavy atom. The van der Waals surface area contributed by atoms with Gasteiger partial charge in [-0.05, 0) is 24.3 Å². The topological polar surface area (TPSA) is 51.2 Å². The van der Waals surface area contributed by atoms with E-state index in [-0.39, 0.29) is 5.57 Å². The van der Waals surface area contributed by atoms with Gasteiger partial charge in [0.15, 0.2) is 17.3 Å². The van der Waals surface area contributed by atoms with Crippen LogP contribution in [-0.4, -0.2) is 17.3 Å². The molecule has 3 rings (SSSR count). The Morgan fingerprint density at radius 3 is 1.48 bits per heavy atom. The number of allylic oxidation sites excluding steroid dienone is 2. The van der Waals surface area contributed by atoms with Crippen LogP contribution in [0.3, 0.4) is 0 Å². The molecule has 0 amide bonds. The minimum atomic E-state index is -0.494. The van der Waals surface area contributed by atoms with Crippen molar-refractivity contribution in [1.29, 1.82) is 0 Å². The summed E-state index contributed by atoms with van der Waals surface area (Å²) in [6.45, 7) is 0. The number of halogens is 1. The molecule has 3 nitrogen and oxygen atoms in total. The average Bonchev–Trinajstić information content (AvgIpc) is 2.72. The molecule has 0 N–H and O–H groups in total. The highest BCUT2D eigenvalue weighted by Gasteiger charge is 2.22. The first kappa shape index (κ1) is 18.5. The Kier molecular flexibility index (Phi) is 5.74. The summed E-state index contributed by atoms with van der Waals surface area (Å²) in [6.07, 6.45) is 1.11. The van der Waals surface area contributed by atoms with E-state index in [1.54, 1.807) is 84.9 Å². The summed E-state index contributed by atoms with van der Waals surface area (Å²) in [5.41, 5.74) is 0.861. The van der Waals surface area contributed by atoms with Gasteiger partial charge in [0.05, 0.1) is 5.57 Å². The summed E-state index contributed by atoms with van der Waals surface area (Å²) in [4.78, 5) is 38.5. The molecule has 0 spiro atoms. The third-order valence-electron chi connectivity index (χ3n) is 3.97. The summed E-state index contributed by atoms with van der Waals surface area (Å²) in [6, 6.07) is 23.1. The summed E-state index contributed by atoms with van der Waals surface area (Å²) in [7, 11) is 0. The zero-order valence-corrected chi connectivity index (χ0v) is 15.0. The highest BCUT2D eigenvalue weighted by Crippen LogP contribution is 2.17. The first-order valence-corrected chi connectivity index (χ1v) is 8.65. The van der Waals surface area contributed by atoms with E-state index in [0.717, 1.165) is 6.08 Å². The van der Waals surface area contributed by atoms with Crippen LogP contribution in [0.2, 0.25) is 5.02 Å².